The van der Waals surface area contributed by atoms with Crippen LogP contribution in [0.2, 0.25) is 0 Å². The van der Waals surface area contributed by atoms with Gasteiger partial charge in [-0.05, 0) is 24.6 Å². The first-order valence-electron chi connectivity index (χ1n) is 4.29. The summed E-state index contributed by atoms with van der Waals surface area (Å²) in [4.78, 5) is 14.8. The van der Waals surface area contributed by atoms with Gasteiger partial charge in [-0.25, -0.2) is 4.98 Å². The molecule has 2 N–H and O–H groups in total. The molecule has 0 aliphatic heterocycles. The number of aryl methyl sites for hydroxylation is 1. The van der Waals surface area contributed by atoms with E-state index in [2.05, 4.69) is 4.98 Å². The predicted molar refractivity (Wildman–Crippen MR) is 51.6 cm³/mol. The van der Waals surface area contributed by atoms with Gasteiger partial charge in [-0.3, -0.25) is 4.79 Å². The number of carbonyl (C=O) groups excluding carboxylic acids is 1. The summed E-state index contributed by atoms with van der Waals surface area (Å²) < 4.78 is 5.32. The third-order valence-corrected chi connectivity index (χ3v) is 1.91. The summed E-state index contributed by atoms with van der Waals surface area (Å²) in [5, 5.41) is 0. The SMILES string of the molecule is Cc1ccc2oc(CC(N)=O)nc2c1. The Morgan fingerprint density at radius 1 is 1.57 bits per heavy atom. The number of nitrogens with two attached hydrogens (primary N) is 1. The molecule has 0 saturated heterocycles. The monoisotopic (exact) mass is 190 g/mol. The lowest BCUT2D eigenvalue weighted by Crippen LogP contribution is -2.13. The highest BCUT2D eigenvalue weighted by atomic mass is 16.3. The lowest BCUT2D eigenvalue weighted by atomic mass is 10.2. The van der Waals surface area contributed by atoms with Crippen LogP contribution >= 0.6 is 0 Å². The van der Waals surface area contributed by atoms with Crippen molar-refractivity contribution in [2.45, 2.75) is 13.3 Å². The highest BCUT2D eigenvalue weighted by Gasteiger charge is 2.07. The summed E-state index contributed by atoms with van der Waals surface area (Å²) in [6.07, 6.45) is 0.0493. The summed E-state index contributed by atoms with van der Waals surface area (Å²) >= 11 is 0. The molecule has 0 aliphatic rings. The molecule has 0 radical (unpaired) electrons. The van der Waals surface area contributed by atoms with Crippen LogP contribution in [-0.4, -0.2) is 10.9 Å². The van der Waals surface area contributed by atoms with Gasteiger partial charge >= 0.3 is 0 Å². The number of hydrogen-bond donors (Lipinski definition) is 1. The number of aromatic nitrogens is 1. The Labute approximate surface area is 80.7 Å². The molecule has 0 fully saturated rings. The van der Waals surface area contributed by atoms with Gasteiger partial charge in [-0.15, -0.1) is 0 Å². The molecule has 0 spiro atoms. The van der Waals surface area contributed by atoms with Gasteiger partial charge in [0.1, 0.15) is 11.9 Å². The Bertz CT molecular complexity index is 488. The molecule has 4 nitrogen and oxygen atoms in total. The smallest absolute Gasteiger partial charge is 0.226 e. The molecule has 0 saturated carbocycles. The summed E-state index contributed by atoms with van der Waals surface area (Å²) in [6, 6.07) is 5.67. The van der Waals surface area contributed by atoms with Crippen molar-refractivity contribution in [3.63, 3.8) is 0 Å². The predicted octanol–water partition coefficient (Wildman–Crippen LogP) is 1.16. The van der Waals surface area contributed by atoms with E-state index >= 15 is 0 Å². The van der Waals surface area contributed by atoms with Gasteiger partial charge in [0, 0.05) is 0 Å². The van der Waals surface area contributed by atoms with E-state index in [4.69, 9.17) is 10.2 Å². The third kappa shape index (κ3) is 1.59. The Hall–Kier alpha value is -1.84. The van der Waals surface area contributed by atoms with Crippen molar-refractivity contribution < 1.29 is 9.21 Å². The lowest BCUT2D eigenvalue weighted by Gasteiger charge is -1.87. The Balaban J connectivity index is 2.46. The highest BCUT2D eigenvalue weighted by Crippen LogP contribution is 2.16. The van der Waals surface area contributed by atoms with Crippen molar-refractivity contribution in [2.75, 3.05) is 0 Å². The van der Waals surface area contributed by atoms with Crippen LogP contribution < -0.4 is 5.73 Å². The van der Waals surface area contributed by atoms with Crippen molar-refractivity contribution in [3.05, 3.63) is 29.7 Å². The molecule has 2 aromatic rings. The first kappa shape index (κ1) is 8.74. The van der Waals surface area contributed by atoms with Gasteiger partial charge in [-0.2, -0.15) is 0 Å². The largest absolute Gasteiger partial charge is 0.440 e. The second kappa shape index (κ2) is 3.14. The van der Waals surface area contributed by atoms with Gasteiger partial charge < -0.3 is 10.2 Å². The molecular formula is C10H10N2O2. The molecule has 1 amide bonds. The Morgan fingerprint density at radius 2 is 2.36 bits per heavy atom. The fourth-order valence-electron chi connectivity index (χ4n) is 1.31. The van der Waals surface area contributed by atoms with Gasteiger partial charge in [-0.1, -0.05) is 6.07 Å². The van der Waals surface area contributed by atoms with Crippen molar-refractivity contribution in [1.29, 1.82) is 0 Å². The minimum absolute atomic E-state index is 0.0493. The number of rotatable bonds is 2. The van der Waals surface area contributed by atoms with Gasteiger partial charge in [0.2, 0.25) is 11.8 Å². The third-order valence-electron chi connectivity index (χ3n) is 1.91. The van der Waals surface area contributed by atoms with Crippen molar-refractivity contribution in [1.82, 2.24) is 4.98 Å². The average molecular weight is 190 g/mol. The fourth-order valence-corrected chi connectivity index (χ4v) is 1.31. The molecule has 0 unspecified atom stereocenters. The maximum absolute atomic E-state index is 10.6. The Kier molecular flexibility index (Phi) is 1.96. The maximum atomic E-state index is 10.6. The topological polar surface area (TPSA) is 69.1 Å². The summed E-state index contributed by atoms with van der Waals surface area (Å²) in [5.41, 5.74) is 7.60. The molecule has 4 heteroatoms. The van der Waals surface area contributed by atoms with Crippen LogP contribution in [0.25, 0.3) is 11.1 Å². The zero-order chi connectivity index (χ0) is 10.1. The van der Waals surface area contributed by atoms with Crippen LogP contribution in [0.15, 0.2) is 22.6 Å². The molecule has 0 aliphatic carbocycles. The number of fused-ring (bicyclic) bond motifs is 1. The van der Waals surface area contributed by atoms with E-state index in [1.807, 2.05) is 25.1 Å². The van der Waals surface area contributed by atoms with Gasteiger partial charge in [0.15, 0.2) is 5.58 Å². The second-order valence-electron chi connectivity index (χ2n) is 3.22. The van der Waals surface area contributed by atoms with Gasteiger partial charge in [0.25, 0.3) is 0 Å². The lowest BCUT2D eigenvalue weighted by molar-refractivity contribution is -0.117. The van der Waals surface area contributed by atoms with Crippen LogP contribution in [0, 0.1) is 6.92 Å². The van der Waals surface area contributed by atoms with E-state index in [9.17, 15) is 4.79 Å². The van der Waals surface area contributed by atoms with Crippen LogP contribution in [0.1, 0.15) is 11.5 Å². The van der Waals surface area contributed by atoms with E-state index in [1.165, 1.54) is 0 Å². The molecule has 0 bridgehead atoms. The summed E-state index contributed by atoms with van der Waals surface area (Å²) in [7, 11) is 0. The molecule has 1 aromatic carbocycles. The number of primary amides is 1. The quantitative estimate of drug-likeness (QED) is 0.772. The first-order chi connectivity index (χ1) is 6.65. The number of amides is 1. The molecule has 0 atom stereocenters. The number of nitrogens with zero attached hydrogens (tertiary/aromatic N) is 1. The van der Waals surface area contributed by atoms with Crippen LogP contribution in [0.4, 0.5) is 0 Å². The fraction of sp³-hybridized carbons (Fsp3) is 0.200. The van der Waals surface area contributed by atoms with Crippen molar-refractivity contribution in [2.24, 2.45) is 5.73 Å². The van der Waals surface area contributed by atoms with E-state index in [0.717, 1.165) is 11.1 Å². The second-order valence-corrected chi connectivity index (χ2v) is 3.22. The number of carbonyl (C=O) groups is 1. The maximum Gasteiger partial charge on any atom is 0.226 e. The summed E-state index contributed by atoms with van der Waals surface area (Å²) in [6.45, 7) is 1.97. The standard InChI is InChI=1S/C10H10N2O2/c1-6-2-3-8-7(4-6)12-10(14-8)5-9(11)13/h2-4H,5H2,1H3,(H2,11,13). The normalized spacial score (nSPS) is 10.6. The minimum atomic E-state index is -0.437. The van der Waals surface area contributed by atoms with Crippen LogP contribution in [0.3, 0.4) is 0 Å². The van der Waals surface area contributed by atoms with E-state index < -0.39 is 5.91 Å². The average Bonchev–Trinajstić information content (AvgIpc) is 2.44. The van der Waals surface area contributed by atoms with Gasteiger partial charge in [0.05, 0.1) is 0 Å². The minimum Gasteiger partial charge on any atom is -0.440 e. The number of hydrogen-bond acceptors (Lipinski definition) is 3. The van der Waals surface area contributed by atoms with Crippen LogP contribution in [0.5, 0.6) is 0 Å². The number of benzene rings is 1. The molecule has 14 heavy (non-hydrogen) atoms. The molecular weight excluding hydrogens is 180 g/mol. The molecule has 72 valence electrons. The summed E-state index contributed by atoms with van der Waals surface area (Å²) in [5.74, 6) is -0.0635. The van der Waals surface area contributed by atoms with Crippen molar-refractivity contribution >= 4 is 17.0 Å². The van der Waals surface area contributed by atoms with E-state index in [-0.39, 0.29) is 6.42 Å². The van der Waals surface area contributed by atoms with Crippen LogP contribution in [-0.2, 0) is 11.2 Å². The molecule has 1 aromatic heterocycles. The van der Waals surface area contributed by atoms with Crippen molar-refractivity contribution in [3.8, 4) is 0 Å². The zero-order valence-corrected chi connectivity index (χ0v) is 7.78. The zero-order valence-electron chi connectivity index (χ0n) is 7.78. The molecule has 2 rings (SSSR count). The Morgan fingerprint density at radius 3 is 3.07 bits per heavy atom. The van der Waals surface area contributed by atoms with E-state index in [0.29, 0.717) is 11.5 Å². The molecule has 1 heterocycles. The first-order valence-corrected chi connectivity index (χ1v) is 4.29. The number of oxazole rings is 1. The highest BCUT2D eigenvalue weighted by molar-refractivity contribution is 5.78. The van der Waals surface area contributed by atoms with E-state index in [1.54, 1.807) is 0 Å².